The Labute approximate surface area is 183 Å². The van der Waals surface area contributed by atoms with Crippen LogP contribution in [-0.4, -0.2) is 55.1 Å². The minimum absolute atomic E-state index is 0.0448. The third-order valence-corrected chi connectivity index (χ3v) is 5.53. The minimum Gasteiger partial charge on any atom is -0.465 e. The van der Waals surface area contributed by atoms with Gasteiger partial charge in [-0.05, 0) is 47.7 Å². The molecule has 3 rings (SSSR count). The molecule has 9 nitrogen and oxygen atoms in total. The van der Waals surface area contributed by atoms with Crippen molar-refractivity contribution in [2.45, 2.75) is 0 Å². The number of ether oxygens (including phenoxy) is 1. The summed E-state index contributed by atoms with van der Waals surface area (Å²) in [7, 11) is 6.34. The van der Waals surface area contributed by atoms with E-state index >= 15 is 0 Å². The lowest BCUT2D eigenvalue weighted by Gasteiger charge is -2.12. The van der Waals surface area contributed by atoms with Gasteiger partial charge in [0.25, 0.3) is 11.6 Å². The summed E-state index contributed by atoms with van der Waals surface area (Å²) in [5.74, 6) is -0.749. The highest BCUT2D eigenvalue weighted by atomic mass is 32.2. The van der Waals surface area contributed by atoms with Crippen molar-refractivity contribution < 1.29 is 19.2 Å². The number of thioether (sulfide) groups is 1. The van der Waals surface area contributed by atoms with Crippen molar-refractivity contribution in [3.63, 3.8) is 0 Å². The number of likely N-dealkylation sites (N-methyl/N-ethyl adjacent to an activating group) is 1. The fourth-order valence-electron chi connectivity index (χ4n) is 2.89. The van der Waals surface area contributed by atoms with Crippen molar-refractivity contribution in [3.8, 4) is 0 Å². The summed E-state index contributed by atoms with van der Waals surface area (Å²) < 4.78 is 4.72. The second kappa shape index (κ2) is 9.00. The largest absolute Gasteiger partial charge is 0.465 e. The van der Waals surface area contributed by atoms with Crippen LogP contribution < -0.4 is 4.90 Å². The first kappa shape index (κ1) is 22.0. The minimum atomic E-state index is -0.478. The normalized spacial score (nSPS) is 16.1. The lowest BCUT2D eigenvalue weighted by Crippen LogP contribution is -2.23. The highest BCUT2D eigenvalue weighted by molar-refractivity contribution is 8.18. The number of carbonyl (C=O) groups is 2. The Morgan fingerprint density at radius 2 is 2.00 bits per heavy atom. The number of methoxy groups -OCH3 is 1. The van der Waals surface area contributed by atoms with E-state index in [9.17, 15) is 19.7 Å². The Bertz CT molecular complexity index is 1130. The van der Waals surface area contributed by atoms with E-state index < -0.39 is 10.9 Å². The topological polar surface area (TPSA) is 105 Å². The van der Waals surface area contributed by atoms with Crippen LogP contribution in [0.1, 0.15) is 15.9 Å². The number of amides is 1. The third-order valence-electron chi connectivity index (χ3n) is 4.47. The molecule has 1 aliphatic heterocycles. The zero-order valence-electron chi connectivity index (χ0n) is 17.4. The molecule has 0 radical (unpaired) electrons. The van der Waals surface area contributed by atoms with Gasteiger partial charge in [-0.25, -0.2) is 9.79 Å². The van der Waals surface area contributed by atoms with Gasteiger partial charge in [0.05, 0.1) is 28.2 Å². The molecule has 31 heavy (non-hydrogen) atoms. The summed E-state index contributed by atoms with van der Waals surface area (Å²) in [6, 6.07) is 11.4. The van der Waals surface area contributed by atoms with Crippen LogP contribution in [0.15, 0.2) is 52.4 Å². The number of nitro benzene ring substituents is 1. The number of anilines is 1. The van der Waals surface area contributed by atoms with Crippen molar-refractivity contribution in [2.75, 3.05) is 33.2 Å². The van der Waals surface area contributed by atoms with Crippen LogP contribution in [0.4, 0.5) is 17.1 Å². The highest BCUT2D eigenvalue weighted by Gasteiger charge is 2.30. The van der Waals surface area contributed by atoms with Crippen molar-refractivity contribution in [3.05, 3.63) is 68.6 Å². The average Bonchev–Trinajstić information content (AvgIpc) is 3.00. The molecule has 0 N–H and O–H groups in total. The molecule has 1 saturated heterocycles. The quantitative estimate of drug-likeness (QED) is 0.302. The molecule has 0 bridgehead atoms. The molecular weight excluding hydrogens is 420 g/mol. The fourth-order valence-corrected chi connectivity index (χ4v) is 3.88. The monoisotopic (exact) mass is 440 g/mol. The van der Waals surface area contributed by atoms with Crippen LogP contribution in [0.25, 0.3) is 6.08 Å². The van der Waals surface area contributed by atoms with E-state index in [0.29, 0.717) is 32.6 Å². The second-order valence-corrected chi connectivity index (χ2v) is 7.82. The zero-order valence-corrected chi connectivity index (χ0v) is 18.2. The summed E-state index contributed by atoms with van der Waals surface area (Å²) >= 11 is 1.15. The molecule has 10 heteroatoms. The number of nitrogens with zero attached hydrogens (tertiary/aromatic N) is 4. The van der Waals surface area contributed by atoms with E-state index in [1.165, 1.54) is 18.1 Å². The van der Waals surface area contributed by atoms with E-state index in [4.69, 9.17) is 4.74 Å². The molecular formula is C21H20N4O5S. The van der Waals surface area contributed by atoms with Gasteiger partial charge in [0.1, 0.15) is 5.69 Å². The Hall–Kier alpha value is -3.66. The Kier molecular flexibility index (Phi) is 6.40. The molecule has 0 atom stereocenters. The van der Waals surface area contributed by atoms with Crippen LogP contribution in [-0.2, 0) is 9.53 Å². The van der Waals surface area contributed by atoms with Gasteiger partial charge in [-0.3, -0.25) is 19.8 Å². The molecule has 1 aliphatic rings. The SMILES string of the molecule is COC(=O)c1cccc(N=C2SC(=Cc3ccc(N(C)C)c([N+](=O)[O-])c3)C(=O)N2C)c1. The van der Waals surface area contributed by atoms with Crippen LogP contribution >= 0.6 is 11.8 Å². The molecule has 160 valence electrons. The Balaban J connectivity index is 1.92. The lowest BCUT2D eigenvalue weighted by atomic mass is 10.1. The number of amidine groups is 1. The lowest BCUT2D eigenvalue weighted by molar-refractivity contribution is -0.384. The average molecular weight is 440 g/mol. The Morgan fingerprint density at radius 1 is 1.26 bits per heavy atom. The molecule has 2 aromatic carbocycles. The van der Waals surface area contributed by atoms with Crippen LogP contribution in [0.2, 0.25) is 0 Å². The van der Waals surface area contributed by atoms with Gasteiger partial charge in [0.15, 0.2) is 5.17 Å². The fraction of sp³-hybridized carbons (Fsp3) is 0.190. The van der Waals surface area contributed by atoms with Gasteiger partial charge in [0.2, 0.25) is 0 Å². The molecule has 0 unspecified atom stereocenters. The van der Waals surface area contributed by atoms with Crippen molar-refractivity contribution in [2.24, 2.45) is 4.99 Å². The zero-order chi connectivity index (χ0) is 22.7. The van der Waals surface area contributed by atoms with Crippen molar-refractivity contribution >= 4 is 51.9 Å². The van der Waals surface area contributed by atoms with E-state index in [1.54, 1.807) is 68.5 Å². The molecule has 1 fully saturated rings. The molecule has 1 amide bonds. The number of benzene rings is 2. The molecule has 0 saturated carbocycles. The summed E-state index contributed by atoms with van der Waals surface area (Å²) in [5, 5.41) is 11.8. The van der Waals surface area contributed by atoms with E-state index in [2.05, 4.69) is 4.99 Å². The van der Waals surface area contributed by atoms with Gasteiger partial charge in [0, 0.05) is 27.2 Å². The van der Waals surface area contributed by atoms with Gasteiger partial charge in [-0.1, -0.05) is 12.1 Å². The van der Waals surface area contributed by atoms with Gasteiger partial charge < -0.3 is 9.64 Å². The Morgan fingerprint density at radius 3 is 2.65 bits per heavy atom. The predicted octanol–water partition coefficient (Wildman–Crippen LogP) is 3.68. The van der Waals surface area contributed by atoms with Gasteiger partial charge in [-0.15, -0.1) is 0 Å². The maximum Gasteiger partial charge on any atom is 0.337 e. The van der Waals surface area contributed by atoms with Crippen LogP contribution in [0.5, 0.6) is 0 Å². The van der Waals surface area contributed by atoms with E-state index in [-0.39, 0.29) is 11.6 Å². The van der Waals surface area contributed by atoms with E-state index in [0.717, 1.165) is 11.8 Å². The number of hydrogen-bond donors (Lipinski definition) is 0. The summed E-state index contributed by atoms with van der Waals surface area (Å²) in [6.07, 6.45) is 1.60. The predicted molar refractivity (Wildman–Crippen MR) is 121 cm³/mol. The van der Waals surface area contributed by atoms with Crippen molar-refractivity contribution in [1.29, 1.82) is 0 Å². The smallest absolute Gasteiger partial charge is 0.337 e. The number of nitro groups is 1. The highest BCUT2D eigenvalue weighted by Crippen LogP contribution is 2.35. The van der Waals surface area contributed by atoms with E-state index in [1.807, 2.05) is 0 Å². The number of rotatable bonds is 5. The van der Waals surface area contributed by atoms with Crippen LogP contribution in [0.3, 0.4) is 0 Å². The molecule has 0 aromatic heterocycles. The molecule has 0 spiro atoms. The summed E-state index contributed by atoms with van der Waals surface area (Å²) in [5.41, 5.74) is 1.82. The van der Waals surface area contributed by atoms with Gasteiger partial charge >= 0.3 is 5.97 Å². The maximum absolute atomic E-state index is 12.7. The van der Waals surface area contributed by atoms with Crippen molar-refractivity contribution in [1.82, 2.24) is 4.90 Å². The number of aliphatic imine (C=N–C) groups is 1. The molecule has 2 aromatic rings. The third kappa shape index (κ3) is 4.75. The maximum atomic E-state index is 12.7. The molecule has 1 heterocycles. The molecule has 0 aliphatic carbocycles. The number of carbonyl (C=O) groups excluding carboxylic acids is 2. The van der Waals surface area contributed by atoms with Gasteiger partial charge in [-0.2, -0.15) is 0 Å². The standard InChI is InChI=1S/C21H20N4O5S/c1-23(2)16-9-8-13(10-17(16)25(28)29)11-18-19(26)24(3)21(31-18)22-15-7-5-6-14(12-15)20(27)30-4/h5-12H,1-4H3. The number of esters is 1. The first-order valence-corrected chi connectivity index (χ1v) is 9.93. The summed E-state index contributed by atoms with van der Waals surface area (Å²) in [4.78, 5) is 43.2. The summed E-state index contributed by atoms with van der Waals surface area (Å²) in [6.45, 7) is 0. The van der Waals surface area contributed by atoms with Crippen LogP contribution in [0, 0.1) is 10.1 Å². The first-order valence-electron chi connectivity index (χ1n) is 9.11. The first-order chi connectivity index (χ1) is 14.7. The second-order valence-electron chi connectivity index (χ2n) is 6.81. The number of hydrogen-bond acceptors (Lipinski definition) is 8.